The number of aryl methyl sites for hydroxylation is 1. The number of carbonyl (C=O) groups excluding carboxylic acids is 1. The Labute approximate surface area is 146 Å². The van der Waals surface area contributed by atoms with Crippen molar-refractivity contribution in [2.75, 3.05) is 31.1 Å². The van der Waals surface area contributed by atoms with Crippen molar-refractivity contribution in [3.8, 4) is 0 Å². The number of nitrogens with zero attached hydrogens (tertiary/aromatic N) is 2. The van der Waals surface area contributed by atoms with Crippen LogP contribution in [0.4, 0.5) is 5.69 Å². The molecule has 0 radical (unpaired) electrons. The average Bonchev–Trinajstić information content (AvgIpc) is 3.05. The second kappa shape index (κ2) is 6.29. The summed E-state index contributed by atoms with van der Waals surface area (Å²) in [6.07, 6.45) is 0. The van der Waals surface area contributed by atoms with Crippen LogP contribution >= 0.6 is 11.3 Å². The van der Waals surface area contributed by atoms with Crippen molar-refractivity contribution >= 4 is 33.0 Å². The van der Waals surface area contributed by atoms with E-state index in [-0.39, 0.29) is 5.91 Å². The summed E-state index contributed by atoms with van der Waals surface area (Å²) in [6.45, 7) is 5.45. The zero-order valence-corrected chi connectivity index (χ0v) is 14.6. The van der Waals surface area contributed by atoms with Crippen molar-refractivity contribution < 1.29 is 4.79 Å². The molecule has 1 aromatic heterocycles. The Morgan fingerprint density at radius 1 is 0.958 bits per heavy atom. The van der Waals surface area contributed by atoms with Gasteiger partial charge < -0.3 is 9.80 Å². The van der Waals surface area contributed by atoms with Crippen LogP contribution in [0.3, 0.4) is 0 Å². The van der Waals surface area contributed by atoms with E-state index >= 15 is 0 Å². The van der Waals surface area contributed by atoms with E-state index in [1.54, 1.807) is 11.3 Å². The van der Waals surface area contributed by atoms with E-state index in [1.807, 2.05) is 23.1 Å². The predicted octanol–water partition coefficient (Wildman–Crippen LogP) is 4.17. The fourth-order valence-corrected chi connectivity index (χ4v) is 4.27. The Kier molecular flexibility index (Phi) is 3.98. The lowest BCUT2D eigenvalue weighted by atomic mass is 10.2. The molecule has 1 amide bonds. The molecule has 2 aromatic carbocycles. The first kappa shape index (κ1) is 15.2. The molecule has 1 saturated heterocycles. The Morgan fingerprint density at radius 2 is 1.75 bits per heavy atom. The number of rotatable bonds is 2. The number of carbonyl (C=O) groups is 1. The number of hydrogen-bond acceptors (Lipinski definition) is 3. The van der Waals surface area contributed by atoms with E-state index in [2.05, 4.69) is 48.2 Å². The maximum absolute atomic E-state index is 12.8. The molecule has 4 rings (SSSR count). The smallest absolute Gasteiger partial charge is 0.264 e. The van der Waals surface area contributed by atoms with Crippen molar-refractivity contribution in [3.05, 3.63) is 65.0 Å². The minimum absolute atomic E-state index is 0.167. The van der Waals surface area contributed by atoms with Gasteiger partial charge in [-0.3, -0.25) is 4.79 Å². The number of fused-ring (bicyclic) bond motifs is 1. The summed E-state index contributed by atoms with van der Waals surface area (Å²) in [5.74, 6) is 0.167. The second-order valence-corrected chi connectivity index (χ2v) is 7.35. The van der Waals surface area contributed by atoms with E-state index < -0.39 is 0 Å². The maximum atomic E-state index is 12.8. The van der Waals surface area contributed by atoms with Gasteiger partial charge in [-0.1, -0.05) is 30.3 Å². The molecule has 122 valence electrons. The third-order valence-corrected chi connectivity index (χ3v) is 5.67. The average molecular weight is 336 g/mol. The Hall–Kier alpha value is -2.33. The van der Waals surface area contributed by atoms with Gasteiger partial charge in [-0.25, -0.2) is 0 Å². The number of benzene rings is 2. The summed E-state index contributed by atoms with van der Waals surface area (Å²) in [5, 5.41) is 1.16. The van der Waals surface area contributed by atoms with Crippen LogP contribution in [-0.2, 0) is 0 Å². The molecular weight excluding hydrogens is 316 g/mol. The molecule has 4 heteroatoms. The molecule has 2 heterocycles. The van der Waals surface area contributed by atoms with Crippen molar-refractivity contribution in [2.24, 2.45) is 0 Å². The lowest BCUT2D eigenvalue weighted by molar-refractivity contribution is 0.0751. The van der Waals surface area contributed by atoms with Crippen LogP contribution in [-0.4, -0.2) is 37.0 Å². The standard InChI is InChI=1S/C20H20N2OS/c1-15-5-4-7-17(13-15)21-9-11-22(12-10-21)20(23)19-14-16-6-2-3-8-18(16)24-19/h2-8,13-14H,9-12H2,1H3. The maximum Gasteiger partial charge on any atom is 0.264 e. The van der Waals surface area contributed by atoms with Gasteiger partial charge >= 0.3 is 0 Å². The van der Waals surface area contributed by atoms with Gasteiger partial charge in [0.15, 0.2) is 0 Å². The topological polar surface area (TPSA) is 23.6 Å². The first-order valence-corrected chi connectivity index (χ1v) is 9.12. The summed E-state index contributed by atoms with van der Waals surface area (Å²) in [4.78, 5) is 18.0. The normalized spacial score (nSPS) is 15.0. The molecule has 0 N–H and O–H groups in total. The zero-order chi connectivity index (χ0) is 16.5. The van der Waals surface area contributed by atoms with Crippen LogP contribution in [0.15, 0.2) is 54.6 Å². The Bertz CT molecular complexity index is 845. The predicted molar refractivity (Wildman–Crippen MR) is 101 cm³/mol. The largest absolute Gasteiger partial charge is 0.368 e. The van der Waals surface area contributed by atoms with Crippen LogP contribution in [0.2, 0.25) is 0 Å². The summed E-state index contributed by atoms with van der Waals surface area (Å²) in [6, 6.07) is 18.8. The molecule has 3 nitrogen and oxygen atoms in total. The summed E-state index contributed by atoms with van der Waals surface area (Å²) in [5.41, 5.74) is 2.53. The van der Waals surface area contributed by atoms with Crippen molar-refractivity contribution in [3.63, 3.8) is 0 Å². The highest BCUT2D eigenvalue weighted by molar-refractivity contribution is 7.20. The highest BCUT2D eigenvalue weighted by atomic mass is 32.1. The molecule has 0 saturated carbocycles. The molecule has 0 aliphatic carbocycles. The first-order chi connectivity index (χ1) is 11.7. The van der Waals surface area contributed by atoms with Gasteiger partial charge in [-0.2, -0.15) is 0 Å². The number of anilines is 1. The summed E-state index contributed by atoms with van der Waals surface area (Å²) < 4.78 is 1.18. The molecule has 24 heavy (non-hydrogen) atoms. The van der Waals surface area contributed by atoms with Crippen LogP contribution in [0.5, 0.6) is 0 Å². The Morgan fingerprint density at radius 3 is 2.50 bits per heavy atom. The fourth-order valence-electron chi connectivity index (χ4n) is 3.24. The third-order valence-electron chi connectivity index (χ3n) is 4.57. The number of amides is 1. The number of piperazine rings is 1. The fraction of sp³-hybridized carbons (Fsp3) is 0.250. The monoisotopic (exact) mass is 336 g/mol. The van der Waals surface area contributed by atoms with E-state index in [4.69, 9.17) is 0 Å². The highest BCUT2D eigenvalue weighted by Crippen LogP contribution is 2.27. The van der Waals surface area contributed by atoms with E-state index in [0.717, 1.165) is 36.4 Å². The molecule has 1 aliphatic heterocycles. The van der Waals surface area contributed by atoms with Crippen molar-refractivity contribution in [2.45, 2.75) is 6.92 Å². The SMILES string of the molecule is Cc1cccc(N2CCN(C(=O)c3cc4ccccc4s3)CC2)c1. The second-order valence-electron chi connectivity index (χ2n) is 6.27. The van der Waals surface area contributed by atoms with Crippen LogP contribution in [0, 0.1) is 6.92 Å². The molecule has 0 spiro atoms. The van der Waals surface area contributed by atoms with Gasteiger partial charge in [0.1, 0.15) is 0 Å². The Balaban J connectivity index is 1.46. The van der Waals surface area contributed by atoms with Gasteiger partial charge in [-0.05, 0) is 42.1 Å². The highest BCUT2D eigenvalue weighted by Gasteiger charge is 2.23. The number of hydrogen-bond donors (Lipinski definition) is 0. The quantitative estimate of drug-likeness (QED) is 0.701. The van der Waals surface area contributed by atoms with E-state index in [1.165, 1.54) is 16.0 Å². The minimum atomic E-state index is 0.167. The molecule has 0 bridgehead atoms. The minimum Gasteiger partial charge on any atom is -0.368 e. The van der Waals surface area contributed by atoms with Crippen LogP contribution in [0.1, 0.15) is 15.2 Å². The van der Waals surface area contributed by atoms with Crippen molar-refractivity contribution in [1.82, 2.24) is 4.90 Å². The lowest BCUT2D eigenvalue weighted by Gasteiger charge is -2.36. The molecule has 1 fully saturated rings. The van der Waals surface area contributed by atoms with Crippen LogP contribution < -0.4 is 4.90 Å². The molecule has 0 unspecified atom stereocenters. The van der Waals surface area contributed by atoms with Crippen molar-refractivity contribution in [1.29, 1.82) is 0 Å². The van der Waals surface area contributed by atoms with Gasteiger partial charge in [0.25, 0.3) is 5.91 Å². The molecule has 1 aliphatic rings. The van der Waals surface area contributed by atoms with Gasteiger partial charge in [0, 0.05) is 36.6 Å². The van der Waals surface area contributed by atoms with Gasteiger partial charge in [0.05, 0.1) is 4.88 Å². The summed E-state index contributed by atoms with van der Waals surface area (Å²) >= 11 is 1.59. The van der Waals surface area contributed by atoms with Gasteiger partial charge in [0.2, 0.25) is 0 Å². The third kappa shape index (κ3) is 2.89. The first-order valence-electron chi connectivity index (χ1n) is 8.30. The zero-order valence-electron chi connectivity index (χ0n) is 13.7. The van der Waals surface area contributed by atoms with Crippen LogP contribution in [0.25, 0.3) is 10.1 Å². The molecular formula is C20H20N2OS. The molecule has 0 atom stereocenters. The lowest BCUT2D eigenvalue weighted by Crippen LogP contribution is -2.48. The summed E-state index contributed by atoms with van der Waals surface area (Å²) in [7, 11) is 0. The van der Waals surface area contributed by atoms with Gasteiger partial charge in [-0.15, -0.1) is 11.3 Å². The van der Waals surface area contributed by atoms with E-state index in [0.29, 0.717) is 0 Å². The molecule has 3 aromatic rings. The van der Waals surface area contributed by atoms with E-state index in [9.17, 15) is 4.79 Å². The number of thiophene rings is 1.